The van der Waals surface area contributed by atoms with Crippen LogP contribution in [0, 0.1) is 11.7 Å². The first-order valence-corrected chi connectivity index (χ1v) is 7.41. The highest BCUT2D eigenvalue weighted by molar-refractivity contribution is 5.58. The summed E-state index contributed by atoms with van der Waals surface area (Å²) in [5, 5.41) is 3.46. The SMILES string of the molecule is CC(C)CNCCCCN1CCc2ccc(F)cc21. The van der Waals surface area contributed by atoms with Crippen LogP contribution < -0.4 is 10.2 Å². The molecule has 2 rings (SSSR count). The van der Waals surface area contributed by atoms with Crippen molar-refractivity contribution in [1.29, 1.82) is 0 Å². The molecule has 0 saturated heterocycles. The fourth-order valence-corrected chi connectivity index (χ4v) is 2.59. The molecule has 0 spiro atoms. The molecule has 0 saturated carbocycles. The molecule has 0 amide bonds. The molecule has 1 aliphatic heterocycles. The number of benzene rings is 1. The molecule has 2 nitrogen and oxygen atoms in total. The van der Waals surface area contributed by atoms with Gasteiger partial charge in [-0.25, -0.2) is 4.39 Å². The van der Waals surface area contributed by atoms with Crippen LogP contribution in [0.1, 0.15) is 32.3 Å². The minimum Gasteiger partial charge on any atom is -0.371 e. The van der Waals surface area contributed by atoms with E-state index in [9.17, 15) is 4.39 Å². The Morgan fingerprint density at radius 1 is 1.32 bits per heavy atom. The fraction of sp³-hybridized carbons (Fsp3) is 0.625. The topological polar surface area (TPSA) is 15.3 Å². The monoisotopic (exact) mass is 264 g/mol. The first-order valence-electron chi connectivity index (χ1n) is 7.41. The summed E-state index contributed by atoms with van der Waals surface area (Å²) in [6.45, 7) is 8.71. The highest BCUT2D eigenvalue weighted by Gasteiger charge is 2.18. The maximum Gasteiger partial charge on any atom is 0.125 e. The van der Waals surface area contributed by atoms with Gasteiger partial charge in [-0.05, 0) is 56.0 Å². The molecule has 0 fully saturated rings. The normalized spacial score (nSPS) is 14.2. The number of halogens is 1. The molecule has 3 heteroatoms. The molecule has 0 aliphatic carbocycles. The molecule has 0 radical (unpaired) electrons. The van der Waals surface area contributed by atoms with Crippen LogP contribution in [-0.2, 0) is 6.42 Å². The second kappa shape index (κ2) is 6.90. The Balaban J connectivity index is 1.70. The van der Waals surface area contributed by atoms with Crippen molar-refractivity contribution in [2.75, 3.05) is 31.1 Å². The number of nitrogens with zero attached hydrogens (tertiary/aromatic N) is 1. The molecule has 0 atom stereocenters. The second-order valence-corrected chi connectivity index (χ2v) is 5.82. The van der Waals surface area contributed by atoms with E-state index in [1.54, 1.807) is 12.1 Å². The van der Waals surface area contributed by atoms with Crippen molar-refractivity contribution in [2.45, 2.75) is 33.1 Å². The van der Waals surface area contributed by atoms with Crippen molar-refractivity contribution in [2.24, 2.45) is 5.92 Å². The highest BCUT2D eigenvalue weighted by atomic mass is 19.1. The van der Waals surface area contributed by atoms with E-state index >= 15 is 0 Å². The molecule has 106 valence electrons. The van der Waals surface area contributed by atoms with Gasteiger partial charge in [-0.3, -0.25) is 0 Å². The summed E-state index contributed by atoms with van der Waals surface area (Å²) in [6.07, 6.45) is 3.41. The minimum atomic E-state index is -0.121. The van der Waals surface area contributed by atoms with Gasteiger partial charge < -0.3 is 10.2 Å². The molecule has 1 N–H and O–H groups in total. The van der Waals surface area contributed by atoms with Crippen LogP contribution >= 0.6 is 0 Å². The predicted octanol–water partition coefficient (Wildman–Crippen LogP) is 3.21. The van der Waals surface area contributed by atoms with E-state index in [0.29, 0.717) is 5.92 Å². The summed E-state index contributed by atoms with van der Waals surface area (Å²) in [4.78, 5) is 2.32. The number of unbranched alkanes of at least 4 members (excludes halogenated alkanes) is 1. The van der Waals surface area contributed by atoms with Gasteiger partial charge in [0, 0.05) is 18.8 Å². The average Bonchev–Trinajstić information content (AvgIpc) is 2.76. The maximum absolute atomic E-state index is 13.3. The van der Waals surface area contributed by atoms with E-state index in [0.717, 1.165) is 38.3 Å². The molecular weight excluding hydrogens is 239 g/mol. The van der Waals surface area contributed by atoms with Crippen LogP contribution in [0.5, 0.6) is 0 Å². The summed E-state index contributed by atoms with van der Waals surface area (Å²) in [5.74, 6) is 0.595. The van der Waals surface area contributed by atoms with Crippen molar-refractivity contribution in [3.63, 3.8) is 0 Å². The third-order valence-corrected chi connectivity index (χ3v) is 3.62. The van der Waals surface area contributed by atoms with Crippen LogP contribution in [0.2, 0.25) is 0 Å². The van der Waals surface area contributed by atoms with Crippen LogP contribution in [0.4, 0.5) is 10.1 Å². The van der Waals surface area contributed by atoms with E-state index in [-0.39, 0.29) is 5.82 Å². The third-order valence-electron chi connectivity index (χ3n) is 3.62. The van der Waals surface area contributed by atoms with Gasteiger partial charge in [-0.15, -0.1) is 0 Å². The van der Waals surface area contributed by atoms with Crippen LogP contribution in [0.15, 0.2) is 18.2 Å². The second-order valence-electron chi connectivity index (χ2n) is 5.82. The van der Waals surface area contributed by atoms with Gasteiger partial charge in [-0.2, -0.15) is 0 Å². The third kappa shape index (κ3) is 4.20. The zero-order valence-corrected chi connectivity index (χ0v) is 12.1. The van der Waals surface area contributed by atoms with Crippen molar-refractivity contribution < 1.29 is 4.39 Å². The first-order chi connectivity index (χ1) is 9.16. The number of hydrogen-bond acceptors (Lipinski definition) is 2. The van der Waals surface area contributed by atoms with Crippen molar-refractivity contribution >= 4 is 5.69 Å². The van der Waals surface area contributed by atoms with Crippen molar-refractivity contribution in [1.82, 2.24) is 5.32 Å². The van der Waals surface area contributed by atoms with Crippen molar-refractivity contribution in [3.05, 3.63) is 29.6 Å². The molecule has 1 aliphatic rings. The lowest BCUT2D eigenvalue weighted by atomic mass is 10.1. The van der Waals surface area contributed by atoms with E-state index in [1.165, 1.54) is 18.4 Å². The molecular formula is C16H25FN2. The molecule has 1 aromatic rings. The van der Waals surface area contributed by atoms with Crippen LogP contribution in [0.25, 0.3) is 0 Å². The summed E-state index contributed by atoms with van der Waals surface area (Å²) in [6, 6.07) is 5.17. The van der Waals surface area contributed by atoms with E-state index in [2.05, 4.69) is 24.1 Å². The smallest absolute Gasteiger partial charge is 0.125 e. The van der Waals surface area contributed by atoms with E-state index < -0.39 is 0 Å². The van der Waals surface area contributed by atoms with Crippen LogP contribution in [-0.4, -0.2) is 26.2 Å². The zero-order valence-electron chi connectivity index (χ0n) is 12.1. The lowest BCUT2D eigenvalue weighted by Gasteiger charge is -2.19. The standard InChI is InChI=1S/C16H25FN2/c1-13(2)12-18-8-3-4-9-19-10-7-14-5-6-15(17)11-16(14)19/h5-6,11,13,18H,3-4,7-10,12H2,1-2H3. The molecule has 19 heavy (non-hydrogen) atoms. The van der Waals surface area contributed by atoms with Gasteiger partial charge in [0.2, 0.25) is 0 Å². The maximum atomic E-state index is 13.3. The molecule has 0 aromatic heterocycles. The minimum absolute atomic E-state index is 0.121. The van der Waals surface area contributed by atoms with Gasteiger partial charge in [0.25, 0.3) is 0 Å². The zero-order chi connectivity index (χ0) is 13.7. The highest BCUT2D eigenvalue weighted by Crippen LogP contribution is 2.28. The molecule has 1 heterocycles. The summed E-state index contributed by atoms with van der Waals surface area (Å²) < 4.78 is 13.3. The Morgan fingerprint density at radius 2 is 2.16 bits per heavy atom. The lowest BCUT2D eigenvalue weighted by Crippen LogP contribution is -2.24. The van der Waals surface area contributed by atoms with Gasteiger partial charge >= 0.3 is 0 Å². The van der Waals surface area contributed by atoms with Gasteiger partial charge in [0.05, 0.1) is 0 Å². The first kappa shape index (κ1) is 14.3. The lowest BCUT2D eigenvalue weighted by molar-refractivity contribution is 0.534. The quantitative estimate of drug-likeness (QED) is 0.761. The largest absolute Gasteiger partial charge is 0.371 e. The van der Waals surface area contributed by atoms with Crippen LogP contribution in [0.3, 0.4) is 0 Å². The number of fused-ring (bicyclic) bond motifs is 1. The van der Waals surface area contributed by atoms with Crippen molar-refractivity contribution in [3.8, 4) is 0 Å². The Morgan fingerprint density at radius 3 is 2.95 bits per heavy atom. The summed E-state index contributed by atoms with van der Waals surface area (Å²) in [5.41, 5.74) is 2.40. The van der Waals surface area contributed by atoms with Gasteiger partial charge in [-0.1, -0.05) is 19.9 Å². The number of rotatable bonds is 7. The number of hydrogen-bond donors (Lipinski definition) is 1. The van der Waals surface area contributed by atoms with Gasteiger partial charge in [0.1, 0.15) is 5.82 Å². The molecule has 0 bridgehead atoms. The fourth-order valence-electron chi connectivity index (χ4n) is 2.59. The molecule has 0 unspecified atom stereocenters. The number of nitrogens with one attached hydrogen (secondary N) is 1. The van der Waals surface area contributed by atoms with E-state index in [1.807, 2.05) is 6.07 Å². The Kier molecular flexibility index (Phi) is 5.20. The molecule has 1 aromatic carbocycles. The average molecular weight is 264 g/mol. The Hall–Kier alpha value is -1.09. The van der Waals surface area contributed by atoms with Gasteiger partial charge in [0.15, 0.2) is 0 Å². The number of anilines is 1. The summed E-state index contributed by atoms with van der Waals surface area (Å²) in [7, 11) is 0. The predicted molar refractivity (Wildman–Crippen MR) is 79.3 cm³/mol. The Bertz CT molecular complexity index is 404. The summed E-state index contributed by atoms with van der Waals surface area (Å²) >= 11 is 0. The van der Waals surface area contributed by atoms with E-state index in [4.69, 9.17) is 0 Å². The Labute approximate surface area is 116 Å².